The van der Waals surface area contributed by atoms with E-state index < -0.39 is 11.9 Å². The highest BCUT2D eigenvalue weighted by molar-refractivity contribution is 6.30. The van der Waals surface area contributed by atoms with E-state index in [1.54, 1.807) is 13.0 Å². The molecule has 0 aliphatic rings. The lowest BCUT2D eigenvalue weighted by molar-refractivity contribution is -0.141. The Morgan fingerprint density at radius 3 is 3.00 bits per heavy atom. The number of benzene rings is 1. The number of hydrogen-bond donors (Lipinski definition) is 1. The van der Waals surface area contributed by atoms with Gasteiger partial charge in [0.2, 0.25) is 0 Å². The molecule has 0 aliphatic heterocycles. The zero-order chi connectivity index (χ0) is 13.8. The van der Waals surface area contributed by atoms with Crippen LogP contribution in [0, 0.1) is 5.92 Å². The molecule has 19 heavy (non-hydrogen) atoms. The number of aliphatic carboxylic acids is 1. The molecule has 0 bridgehead atoms. The van der Waals surface area contributed by atoms with E-state index >= 15 is 0 Å². The maximum Gasteiger partial charge on any atom is 0.308 e. The van der Waals surface area contributed by atoms with Crippen LogP contribution in [0.15, 0.2) is 24.3 Å². The lowest BCUT2D eigenvalue weighted by Gasteiger charge is -2.08. The Balaban J connectivity index is 2.13. The first-order chi connectivity index (χ1) is 9.06. The van der Waals surface area contributed by atoms with Gasteiger partial charge in [0.05, 0.1) is 12.5 Å². The molecule has 1 atom stereocenters. The van der Waals surface area contributed by atoms with Crippen molar-refractivity contribution in [3.8, 4) is 0 Å². The van der Waals surface area contributed by atoms with Crippen LogP contribution < -0.4 is 0 Å². The third-order valence-corrected chi connectivity index (χ3v) is 2.96. The highest BCUT2D eigenvalue weighted by Crippen LogP contribution is 2.13. The molecule has 6 nitrogen and oxygen atoms in total. The summed E-state index contributed by atoms with van der Waals surface area (Å²) in [5.74, 6) is -0.791. The van der Waals surface area contributed by atoms with E-state index in [0.717, 1.165) is 5.56 Å². The van der Waals surface area contributed by atoms with Gasteiger partial charge in [-0.05, 0) is 28.1 Å². The molecular formula is C12H13ClN4O2. The van der Waals surface area contributed by atoms with Crippen molar-refractivity contribution in [2.24, 2.45) is 5.92 Å². The molecule has 7 heteroatoms. The van der Waals surface area contributed by atoms with E-state index in [4.69, 9.17) is 16.7 Å². The number of carboxylic acid groups (broad SMARTS) is 1. The third-order valence-electron chi connectivity index (χ3n) is 2.73. The van der Waals surface area contributed by atoms with Crippen LogP contribution in [0.3, 0.4) is 0 Å². The van der Waals surface area contributed by atoms with Gasteiger partial charge in [0.1, 0.15) is 0 Å². The van der Waals surface area contributed by atoms with Crippen LogP contribution in [-0.2, 0) is 17.8 Å². The Bertz CT molecular complexity index is 585. The van der Waals surface area contributed by atoms with Gasteiger partial charge in [-0.2, -0.15) is 0 Å². The molecule has 0 spiro atoms. The minimum atomic E-state index is -0.871. The van der Waals surface area contributed by atoms with Crippen LogP contribution in [-0.4, -0.2) is 31.3 Å². The number of tetrazole rings is 1. The van der Waals surface area contributed by atoms with Gasteiger partial charge in [-0.15, -0.1) is 5.10 Å². The zero-order valence-electron chi connectivity index (χ0n) is 10.3. The fraction of sp³-hybridized carbons (Fsp3) is 0.333. The van der Waals surface area contributed by atoms with Crippen LogP contribution in [0.1, 0.15) is 18.3 Å². The highest BCUT2D eigenvalue weighted by atomic mass is 35.5. The topological polar surface area (TPSA) is 80.9 Å². The molecular weight excluding hydrogens is 268 g/mol. The smallest absolute Gasteiger partial charge is 0.308 e. The quantitative estimate of drug-likeness (QED) is 0.900. The predicted molar refractivity (Wildman–Crippen MR) is 68.9 cm³/mol. The van der Waals surface area contributed by atoms with Crippen LogP contribution in [0.25, 0.3) is 0 Å². The lowest BCUT2D eigenvalue weighted by atomic mass is 10.1. The zero-order valence-corrected chi connectivity index (χ0v) is 11.1. The third kappa shape index (κ3) is 3.51. The number of rotatable bonds is 5. The predicted octanol–water partition coefficient (Wildman–Crippen LogP) is 1.64. The summed E-state index contributed by atoms with van der Waals surface area (Å²) in [6.07, 6.45) is 0.514. The highest BCUT2D eigenvalue weighted by Gasteiger charge is 2.15. The molecule has 0 radical (unpaired) electrons. The average molecular weight is 281 g/mol. The van der Waals surface area contributed by atoms with Crippen molar-refractivity contribution in [1.29, 1.82) is 0 Å². The van der Waals surface area contributed by atoms with Crippen LogP contribution in [0.2, 0.25) is 5.02 Å². The van der Waals surface area contributed by atoms with E-state index in [1.165, 1.54) is 4.68 Å². The van der Waals surface area contributed by atoms with E-state index in [1.807, 2.05) is 18.2 Å². The van der Waals surface area contributed by atoms with E-state index in [9.17, 15) is 4.79 Å². The molecule has 1 unspecified atom stereocenters. The Kier molecular flexibility index (Phi) is 4.11. The van der Waals surface area contributed by atoms with Crippen molar-refractivity contribution in [2.45, 2.75) is 19.9 Å². The van der Waals surface area contributed by atoms with Gasteiger partial charge in [0.15, 0.2) is 5.82 Å². The Labute approximate surface area is 115 Å². The standard InChI is InChI=1S/C12H13ClN4O2/c1-8(12(18)19)7-17-11(14-15-16-17)6-9-3-2-4-10(13)5-9/h2-5,8H,6-7H2,1H3,(H,18,19). The van der Waals surface area contributed by atoms with Gasteiger partial charge in [0.25, 0.3) is 0 Å². The molecule has 2 rings (SSSR count). The van der Waals surface area contributed by atoms with Gasteiger partial charge >= 0.3 is 5.97 Å². The first-order valence-electron chi connectivity index (χ1n) is 5.78. The maximum atomic E-state index is 10.8. The summed E-state index contributed by atoms with van der Waals surface area (Å²) in [5, 5.41) is 20.9. The summed E-state index contributed by atoms with van der Waals surface area (Å²) < 4.78 is 1.51. The molecule has 2 aromatic rings. The minimum Gasteiger partial charge on any atom is -0.481 e. The number of aromatic nitrogens is 4. The van der Waals surface area contributed by atoms with Crippen molar-refractivity contribution >= 4 is 17.6 Å². The summed E-state index contributed by atoms with van der Waals surface area (Å²) in [6, 6.07) is 7.40. The van der Waals surface area contributed by atoms with Gasteiger partial charge in [0, 0.05) is 11.4 Å². The number of carbonyl (C=O) groups is 1. The maximum absolute atomic E-state index is 10.8. The van der Waals surface area contributed by atoms with Crippen molar-refractivity contribution in [3.63, 3.8) is 0 Å². The summed E-state index contributed by atoms with van der Waals surface area (Å²) in [4.78, 5) is 10.8. The molecule has 0 fully saturated rings. The number of carboxylic acids is 1. The minimum absolute atomic E-state index is 0.248. The normalized spacial score (nSPS) is 12.3. The first kappa shape index (κ1) is 13.5. The number of halogens is 1. The van der Waals surface area contributed by atoms with Gasteiger partial charge in [-0.25, -0.2) is 4.68 Å². The van der Waals surface area contributed by atoms with Crippen molar-refractivity contribution in [1.82, 2.24) is 20.2 Å². The molecule has 0 saturated carbocycles. The second-order valence-electron chi connectivity index (χ2n) is 4.32. The van der Waals surface area contributed by atoms with Gasteiger partial charge in [-0.3, -0.25) is 4.79 Å². The first-order valence-corrected chi connectivity index (χ1v) is 6.16. The van der Waals surface area contributed by atoms with Gasteiger partial charge < -0.3 is 5.11 Å². The molecule has 0 aliphatic carbocycles. The molecule has 1 N–H and O–H groups in total. The molecule has 1 aromatic carbocycles. The van der Waals surface area contributed by atoms with Crippen LogP contribution >= 0.6 is 11.6 Å². The van der Waals surface area contributed by atoms with Crippen molar-refractivity contribution < 1.29 is 9.90 Å². The SMILES string of the molecule is CC(Cn1nnnc1Cc1cccc(Cl)c1)C(=O)O. The van der Waals surface area contributed by atoms with E-state index in [0.29, 0.717) is 17.3 Å². The molecule has 100 valence electrons. The second kappa shape index (κ2) is 5.79. The fourth-order valence-electron chi connectivity index (χ4n) is 1.66. The second-order valence-corrected chi connectivity index (χ2v) is 4.76. The largest absolute Gasteiger partial charge is 0.481 e. The van der Waals surface area contributed by atoms with Crippen molar-refractivity contribution in [3.05, 3.63) is 40.7 Å². The molecule has 1 heterocycles. The summed E-state index contributed by atoms with van der Waals surface area (Å²) in [6.45, 7) is 1.87. The summed E-state index contributed by atoms with van der Waals surface area (Å²) >= 11 is 5.91. The summed E-state index contributed by atoms with van der Waals surface area (Å²) in [7, 11) is 0. The van der Waals surface area contributed by atoms with Crippen LogP contribution in [0.5, 0.6) is 0 Å². The van der Waals surface area contributed by atoms with E-state index in [2.05, 4.69) is 15.5 Å². The van der Waals surface area contributed by atoms with Gasteiger partial charge in [-0.1, -0.05) is 30.7 Å². The monoisotopic (exact) mass is 280 g/mol. The van der Waals surface area contributed by atoms with Crippen molar-refractivity contribution in [2.75, 3.05) is 0 Å². The fourth-order valence-corrected chi connectivity index (χ4v) is 1.87. The molecule has 0 saturated heterocycles. The Morgan fingerprint density at radius 1 is 1.53 bits per heavy atom. The van der Waals surface area contributed by atoms with E-state index in [-0.39, 0.29) is 6.54 Å². The Morgan fingerprint density at radius 2 is 2.32 bits per heavy atom. The average Bonchev–Trinajstić information content (AvgIpc) is 2.76. The Hall–Kier alpha value is -1.95. The number of hydrogen-bond acceptors (Lipinski definition) is 4. The molecule has 0 amide bonds. The van der Waals surface area contributed by atoms with Crippen LogP contribution in [0.4, 0.5) is 0 Å². The lowest BCUT2D eigenvalue weighted by Crippen LogP contribution is -2.19. The number of nitrogens with zero attached hydrogens (tertiary/aromatic N) is 4. The molecule has 1 aromatic heterocycles. The summed E-state index contributed by atoms with van der Waals surface area (Å²) in [5.41, 5.74) is 0.978.